The zero-order valence-electron chi connectivity index (χ0n) is 16.4. The molecule has 1 aromatic rings. The summed E-state index contributed by atoms with van der Waals surface area (Å²) in [5.74, 6) is -0.961. The Morgan fingerprint density at radius 1 is 1.11 bits per heavy atom. The molecule has 0 aromatic heterocycles. The maximum atomic E-state index is 12.5. The fourth-order valence-corrected chi connectivity index (χ4v) is 3.30. The molecule has 0 unspecified atom stereocenters. The summed E-state index contributed by atoms with van der Waals surface area (Å²) >= 11 is 5.85. The van der Waals surface area contributed by atoms with Gasteiger partial charge in [0.2, 0.25) is 0 Å². The molecule has 2 rings (SSSR count). The first-order chi connectivity index (χ1) is 13.5. The Kier molecular flexibility index (Phi) is 9.28. The number of piperidine rings is 1. The number of unbranched alkanes of at least 4 members (excludes halogenated alkanes) is 3. The van der Waals surface area contributed by atoms with Crippen LogP contribution in [0.3, 0.4) is 0 Å². The molecule has 28 heavy (non-hydrogen) atoms. The standard InChI is InChI=1S/C21H29ClN2O4/c1-2-3-4-5-12-23-19(25)15-28-21(27)17-10-13-24(14-11-17)20(26)16-6-8-18(22)9-7-16/h6-9,17H,2-5,10-15H2,1H3,(H,23,25). The second-order valence-corrected chi connectivity index (χ2v) is 7.53. The molecule has 2 amide bonds. The molecule has 0 bridgehead atoms. The van der Waals surface area contributed by atoms with Crippen molar-refractivity contribution in [2.45, 2.75) is 45.4 Å². The molecular weight excluding hydrogens is 380 g/mol. The maximum Gasteiger partial charge on any atom is 0.309 e. The van der Waals surface area contributed by atoms with E-state index in [0.29, 0.717) is 43.1 Å². The quantitative estimate of drug-likeness (QED) is 0.501. The van der Waals surface area contributed by atoms with Gasteiger partial charge in [-0.15, -0.1) is 0 Å². The third kappa shape index (κ3) is 7.15. The normalized spacial score (nSPS) is 14.6. The summed E-state index contributed by atoms with van der Waals surface area (Å²) in [4.78, 5) is 38.1. The van der Waals surface area contributed by atoms with E-state index in [1.54, 1.807) is 29.2 Å². The minimum Gasteiger partial charge on any atom is -0.455 e. The molecule has 0 saturated carbocycles. The molecule has 1 saturated heterocycles. The number of amides is 2. The molecular formula is C21H29ClN2O4. The summed E-state index contributed by atoms with van der Waals surface area (Å²) in [6.07, 6.45) is 5.41. The van der Waals surface area contributed by atoms with Crippen LogP contribution >= 0.6 is 11.6 Å². The van der Waals surface area contributed by atoms with Crippen LogP contribution in [0.4, 0.5) is 0 Å². The molecule has 7 heteroatoms. The summed E-state index contributed by atoms with van der Waals surface area (Å²) in [6, 6.07) is 6.78. The Morgan fingerprint density at radius 2 is 1.79 bits per heavy atom. The number of ether oxygens (including phenoxy) is 1. The predicted molar refractivity (Wildman–Crippen MR) is 108 cm³/mol. The van der Waals surface area contributed by atoms with E-state index >= 15 is 0 Å². The van der Waals surface area contributed by atoms with Gasteiger partial charge in [-0.05, 0) is 43.5 Å². The van der Waals surface area contributed by atoms with E-state index < -0.39 is 0 Å². The number of hydrogen-bond acceptors (Lipinski definition) is 4. The molecule has 0 aliphatic carbocycles. The van der Waals surface area contributed by atoms with Crippen LogP contribution in [0.15, 0.2) is 24.3 Å². The highest BCUT2D eigenvalue weighted by molar-refractivity contribution is 6.30. The van der Waals surface area contributed by atoms with E-state index in [1.165, 1.54) is 0 Å². The second-order valence-electron chi connectivity index (χ2n) is 7.09. The molecule has 0 radical (unpaired) electrons. The van der Waals surface area contributed by atoms with Gasteiger partial charge in [-0.3, -0.25) is 14.4 Å². The zero-order chi connectivity index (χ0) is 20.4. The number of hydrogen-bond donors (Lipinski definition) is 1. The number of carbonyl (C=O) groups excluding carboxylic acids is 3. The molecule has 6 nitrogen and oxygen atoms in total. The number of carbonyl (C=O) groups is 3. The van der Waals surface area contributed by atoms with Crippen molar-refractivity contribution in [1.29, 1.82) is 0 Å². The van der Waals surface area contributed by atoms with Crippen LogP contribution in [0.25, 0.3) is 0 Å². The maximum absolute atomic E-state index is 12.5. The van der Waals surface area contributed by atoms with Crippen LogP contribution < -0.4 is 5.32 Å². The van der Waals surface area contributed by atoms with Gasteiger partial charge in [0.05, 0.1) is 5.92 Å². The van der Waals surface area contributed by atoms with E-state index in [0.717, 1.165) is 25.7 Å². The zero-order valence-corrected chi connectivity index (χ0v) is 17.2. The Balaban J connectivity index is 1.66. The van der Waals surface area contributed by atoms with Gasteiger partial charge in [-0.1, -0.05) is 37.8 Å². The summed E-state index contributed by atoms with van der Waals surface area (Å²) in [6.45, 7) is 3.49. The first kappa shape index (κ1) is 22.2. The number of nitrogens with one attached hydrogen (secondary N) is 1. The highest BCUT2D eigenvalue weighted by Crippen LogP contribution is 2.21. The Morgan fingerprint density at radius 3 is 2.43 bits per heavy atom. The van der Waals surface area contributed by atoms with E-state index in [2.05, 4.69) is 12.2 Å². The van der Waals surface area contributed by atoms with E-state index in [9.17, 15) is 14.4 Å². The lowest BCUT2D eigenvalue weighted by Crippen LogP contribution is -2.41. The molecule has 154 valence electrons. The number of nitrogens with zero attached hydrogens (tertiary/aromatic N) is 1. The lowest BCUT2D eigenvalue weighted by molar-refractivity contribution is -0.153. The van der Waals surface area contributed by atoms with Crippen LogP contribution in [-0.2, 0) is 14.3 Å². The van der Waals surface area contributed by atoms with Gasteiger partial charge in [0.25, 0.3) is 11.8 Å². The third-order valence-corrected chi connectivity index (χ3v) is 5.16. The SMILES string of the molecule is CCCCCCNC(=O)COC(=O)C1CCN(C(=O)c2ccc(Cl)cc2)CC1. The number of rotatable bonds is 9. The van der Waals surface area contributed by atoms with E-state index in [1.807, 2.05) is 0 Å². The average molecular weight is 409 g/mol. The van der Waals surface area contributed by atoms with Gasteiger partial charge in [-0.25, -0.2) is 0 Å². The van der Waals surface area contributed by atoms with Crippen molar-refractivity contribution in [2.75, 3.05) is 26.2 Å². The molecule has 1 aliphatic rings. The first-order valence-corrected chi connectivity index (χ1v) is 10.4. The number of halogens is 1. The summed E-state index contributed by atoms with van der Waals surface area (Å²) < 4.78 is 5.15. The molecule has 1 N–H and O–H groups in total. The number of likely N-dealkylation sites (tertiary alicyclic amines) is 1. The molecule has 1 heterocycles. The highest BCUT2D eigenvalue weighted by atomic mass is 35.5. The van der Waals surface area contributed by atoms with Crippen LogP contribution in [0.2, 0.25) is 5.02 Å². The Labute approximate surface area is 171 Å². The second kappa shape index (κ2) is 11.7. The van der Waals surface area contributed by atoms with E-state index in [-0.39, 0.29) is 30.3 Å². The lowest BCUT2D eigenvalue weighted by Gasteiger charge is -2.31. The third-order valence-electron chi connectivity index (χ3n) is 4.90. The summed E-state index contributed by atoms with van der Waals surface area (Å²) in [5, 5.41) is 3.35. The summed E-state index contributed by atoms with van der Waals surface area (Å²) in [5.41, 5.74) is 0.584. The predicted octanol–water partition coefficient (Wildman–Crippen LogP) is 3.43. The van der Waals surface area contributed by atoms with Gasteiger partial charge in [-0.2, -0.15) is 0 Å². The lowest BCUT2D eigenvalue weighted by atomic mass is 9.96. The van der Waals surface area contributed by atoms with Gasteiger partial charge < -0.3 is 15.0 Å². The van der Waals surface area contributed by atoms with Gasteiger partial charge in [0.1, 0.15) is 0 Å². The fraction of sp³-hybridized carbons (Fsp3) is 0.571. The van der Waals surface area contributed by atoms with Crippen molar-refractivity contribution in [3.63, 3.8) is 0 Å². The van der Waals surface area contributed by atoms with Crippen molar-refractivity contribution < 1.29 is 19.1 Å². The van der Waals surface area contributed by atoms with Crippen molar-refractivity contribution in [1.82, 2.24) is 10.2 Å². The van der Waals surface area contributed by atoms with Crippen molar-refractivity contribution >= 4 is 29.4 Å². The van der Waals surface area contributed by atoms with Crippen molar-refractivity contribution in [3.8, 4) is 0 Å². The van der Waals surface area contributed by atoms with E-state index in [4.69, 9.17) is 16.3 Å². The van der Waals surface area contributed by atoms with Crippen molar-refractivity contribution in [3.05, 3.63) is 34.9 Å². The van der Waals surface area contributed by atoms with Crippen LogP contribution in [0.5, 0.6) is 0 Å². The average Bonchev–Trinajstić information content (AvgIpc) is 2.72. The highest BCUT2D eigenvalue weighted by Gasteiger charge is 2.29. The summed E-state index contributed by atoms with van der Waals surface area (Å²) in [7, 11) is 0. The molecule has 1 aromatic carbocycles. The first-order valence-electron chi connectivity index (χ1n) is 9.99. The number of benzene rings is 1. The Bertz CT molecular complexity index is 655. The molecule has 0 spiro atoms. The topological polar surface area (TPSA) is 75.7 Å². The monoisotopic (exact) mass is 408 g/mol. The van der Waals surface area contributed by atoms with Gasteiger partial charge in [0, 0.05) is 30.2 Å². The minimum atomic E-state index is -0.361. The largest absolute Gasteiger partial charge is 0.455 e. The molecule has 1 aliphatic heterocycles. The van der Waals surface area contributed by atoms with Gasteiger partial charge >= 0.3 is 5.97 Å². The smallest absolute Gasteiger partial charge is 0.309 e. The minimum absolute atomic E-state index is 0.0639. The van der Waals surface area contributed by atoms with Crippen LogP contribution in [0, 0.1) is 5.92 Å². The molecule has 1 fully saturated rings. The van der Waals surface area contributed by atoms with Crippen LogP contribution in [-0.4, -0.2) is 48.9 Å². The van der Waals surface area contributed by atoms with Crippen LogP contribution in [0.1, 0.15) is 55.8 Å². The fourth-order valence-electron chi connectivity index (χ4n) is 3.18. The van der Waals surface area contributed by atoms with Crippen molar-refractivity contribution in [2.24, 2.45) is 5.92 Å². The Hall–Kier alpha value is -2.08. The molecule has 0 atom stereocenters. The van der Waals surface area contributed by atoms with Gasteiger partial charge in [0.15, 0.2) is 6.61 Å². The number of esters is 1.